The van der Waals surface area contributed by atoms with Crippen LogP contribution in [0.1, 0.15) is 32.0 Å². The number of allylic oxidation sites excluding steroid dienone is 4. The summed E-state index contributed by atoms with van der Waals surface area (Å²) in [5.41, 5.74) is 1.40. The SMILES string of the molecule is CCn1c(SCC(=O)Nc2ccccc2)nnc1C1C=C(C)C(F)=CC1. The fourth-order valence-corrected chi connectivity index (χ4v) is 3.66. The zero-order valence-electron chi connectivity index (χ0n) is 14.8. The van der Waals surface area contributed by atoms with E-state index in [0.29, 0.717) is 23.7 Å². The molecule has 1 aliphatic carbocycles. The van der Waals surface area contributed by atoms with E-state index >= 15 is 0 Å². The summed E-state index contributed by atoms with van der Waals surface area (Å²) >= 11 is 1.35. The highest BCUT2D eigenvalue weighted by Gasteiger charge is 2.22. The van der Waals surface area contributed by atoms with Crippen LogP contribution in [-0.2, 0) is 11.3 Å². The summed E-state index contributed by atoms with van der Waals surface area (Å²) in [6.07, 6.45) is 4.05. The van der Waals surface area contributed by atoms with Gasteiger partial charge in [0.15, 0.2) is 5.16 Å². The lowest BCUT2D eigenvalue weighted by molar-refractivity contribution is -0.113. The van der Waals surface area contributed by atoms with Gasteiger partial charge in [0.2, 0.25) is 5.91 Å². The molecule has 136 valence electrons. The van der Waals surface area contributed by atoms with Gasteiger partial charge < -0.3 is 9.88 Å². The van der Waals surface area contributed by atoms with E-state index < -0.39 is 0 Å². The average molecular weight is 372 g/mol. The summed E-state index contributed by atoms with van der Waals surface area (Å²) < 4.78 is 15.5. The molecule has 0 fully saturated rings. The monoisotopic (exact) mass is 372 g/mol. The van der Waals surface area contributed by atoms with E-state index in [-0.39, 0.29) is 23.4 Å². The third-order valence-electron chi connectivity index (χ3n) is 4.16. The predicted molar refractivity (Wildman–Crippen MR) is 102 cm³/mol. The highest BCUT2D eigenvalue weighted by Crippen LogP contribution is 2.31. The van der Waals surface area contributed by atoms with Crippen LogP contribution in [0.25, 0.3) is 0 Å². The largest absolute Gasteiger partial charge is 0.325 e. The van der Waals surface area contributed by atoms with Gasteiger partial charge in [0.25, 0.3) is 0 Å². The third kappa shape index (κ3) is 4.22. The Labute approximate surface area is 156 Å². The molecule has 0 spiro atoms. The lowest BCUT2D eigenvalue weighted by atomic mass is 9.95. The molecular formula is C19H21FN4OS. The molecule has 0 radical (unpaired) electrons. The normalized spacial score (nSPS) is 16.8. The maximum Gasteiger partial charge on any atom is 0.234 e. The summed E-state index contributed by atoms with van der Waals surface area (Å²) in [4.78, 5) is 12.1. The summed E-state index contributed by atoms with van der Waals surface area (Å²) in [6, 6.07) is 9.34. The second-order valence-electron chi connectivity index (χ2n) is 6.03. The minimum absolute atomic E-state index is 0.00875. The summed E-state index contributed by atoms with van der Waals surface area (Å²) in [5, 5.41) is 12.1. The standard InChI is InChI=1S/C19H21FN4OS/c1-3-24-18(14-9-10-16(20)13(2)11-14)22-23-19(24)26-12-17(25)21-15-7-5-4-6-8-15/h4-8,10-11,14H,3,9,12H2,1-2H3,(H,21,25). The average Bonchev–Trinajstić information content (AvgIpc) is 3.06. The van der Waals surface area contributed by atoms with Crippen LogP contribution in [0, 0.1) is 0 Å². The highest BCUT2D eigenvalue weighted by atomic mass is 32.2. The van der Waals surface area contributed by atoms with Crippen LogP contribution >= 0.6 is 11.8 Å². The van der Waals surface area contributed by atoms with Crippen LogP contribution in [0.2, 0.25) is 0 Å². The van der Waals surface area contributed by atoms with Gasteiger partial charge in [0.1, 0.15) is 11.7 Å². The molecule has 0 bridgehead atoms. The number of nitrogens with zero attached hydrogens (tertiary/aromatic N) is 3. The number of anilines is 1. The van der Waals surface area contributed by atoms with Crippen molar-refractivity contribution in [2.45, 2.75) is 37.9 Å². The zero-order chi connectivity index (χ0) is 18.5. The van der Waals surface area contributed by atoms with Crippen molar-refractivity contribution in [2.24, 2.45) is 0 Å². The Hall–Kier alpha value is -2.41. The number of carbonyl (C=O) groups excluding carboxylic acids is 1. The topological polar surface area (TPSA) is 59.8 Å². The molecule has 0 saturated carbocycles. The number of carbonyl (C=O) groups is 1. The molecule has 7 heteroatoms. The van der Waals surface area contributed by atoms with Gasteiger partial charge in [-0.3, -0.25) is 4.79 Å². The van der Waals surface area contributed by atoms with E-state index in [1.807, 2.05) is 47.9 Å². The Morgan fingerprint density at radius 1 is 1.35 bits per heavy atom. The molecule has 2 aromatic rings. The molecule has 0 aliphatic heterocycles. The maximum atomic E-state index is 13.5. The van der Waals surface area contributed by atoms with E-state index in [2.05, 4.69) is 15.5 Å². The van der Waals surface area contributed by atoms with E-state index in [4.69, 9.17) is 0 Å². The van der Waals surface area contributed by atoms with Crippen LogP contribution in [0.4, 0.5) is 10.1 Å². The van der Waals surface area contributed by atoms with Crippen LogP contribution in [0.5, 0.6) is 0 Å². The minimum Gasteiger partial charge on any atom is -0.325 e. The number of nitrogens with one attached hydrogen (secondary N) is 1. The summed E-state index contributed by atoms with van der Waals surface area (Å²) in [6.45, 7) is 4.46. The van der Waals surface area contributed by atoms with E-state index in [0.717, 1.165) is 11.5 Å². The maximum absolute atomic E-state index is 13.5. The fraction of sp³-hybridized carbons (Fsp3) is 0.316. The minimum atomic E-state index is -0.170. The zero-order valence-corrected chi connectivity index (χ0v) is 15.6. The smallest absolute Gasteiger partial charge is 0.234 e. The molecule has 1 atom stereocenters. The first-order chi connectivity index (χ1) is 12.6. The first-order valence-electron chi connectivity index (χ1n) is 8.53. The van der Waals surface area contributed by atoms with Crippen molar-refractivity contribution >= 4 is 23.4 Å². The summed E-state index contributed by atoms with van der Waals surface area (Å²) in [5.74, 6) is 0.806. The number of para-hydroxylation sites is 1. The van der Waals surface area contributed by atoms with E-state index in [1.54, 1.807) is 13.0 Å². The molecule has 5 nitrogen and oxygen atoms in total. The molecule has 1 aromatic heterocycles. The van der Waals surface area contributed by atoms with Gasteiger partial charge in [0, 0.05) is 18.2 Å². The van der Waals surface area contributed by atoms with Gasteiger partial charge >= 0.3 is 0 Å². The molecule has 1 aliphatic rings. The molecular weight excluding hydrogens is 351 g/mol. The van der Waals surface area contributed by atoms with E-state index in [9.17, 15) is 9.18 Å². The van der Waals surface area contributed by atoms with Gasteiger partial charge in [-0.15, -0.1) is 10.2 Å². The molecule has 26 heavy (non-hydrogen) atoms. The van der Waals surface area contributed by atoms with Gasteiger partial charge in [-0.05, 0) is 44.1 Å². The van der Waals surface area contributed by atoms with Crippen molar-refractivity contribution in [1.29, 1.82) is 0 Å². The number of benzene rings is 1. The number of thioether (sulfide) groups is 1. The molecule has 1 unspecified atom stereocenters. The molecule has 0 saturated heterocycles. The van der Waals surface area contributed by atoms with Gasteiger partial charge in [-0.2, -0.15) is 0 Å². The molecule has 1 heterocycles. The predicted octanol–water partition coefficient (Wildman–Crippen LogP) is 4.32. The van der Waals surface area contributed by atoms with Crippen molar-refractivity contribution < 1.29 is 9.18 Å². The molecule has 1 amide bonds. The second-order valence-corrected chi connectivity index (χ2v) is 6.97. The van der Waals surface area contributed by atoms with E-state index in [1.165, 1.54) is 11.8 Å². The molecule has 3 rings (SSSR count). The Morgan fingerprint density at radius 2 is 2.12 bits per heavy atom. The Morgan fingerprint density at radius 3 is 2.81 bits per heavy atom. The van der Waals surface area contributed by atoms with Crippen molar-refractivity contribution in [3.05, 3.63) is 59.7 Å². The molecule has 1 aromatic carbocycles. The van der Waals surface area contributed by atoms with Crippen molar-refractivity contribution in [2.75, 3.05) is 11.1 Å². The van der Waals surface area contributed by atoms with Crippen LogP contribution in [0.15, 0.2) is 59.0 Å². The number of aromatic nitrogens is 3. The number of hydrogen-bond acceptors (Lipinski definition) is 4. The van der Waals surface area contributed by atoms with Gasteiger partial charge in [0.05, 0.1) is 5.75 Å². The number of halogens is 1. The summed E-state index contributed by atoms with van der Waals surface area (Å²) in [7, 11) is 0. The van der Waals surface area contributed by atoms with Crippen molar-refractivity contribution in [3.8, 4) is 0 Å². The van der Waals surface area contributed by atoms with Gasteiger partial charge in [-0.1, -0.05) is 36.0 Å². The number of rotatable bonds is 6. The lowest BCUT2D eigenvalue weighted by Gasteiger charge is -2.17. The molecule has 1 N–H and O–H groups in total. The first-order valence-corrected chi connectivity index (χ1v) is 9.52. The van der Waals surface area contributed by atoms with Gasteiger partial charge in [-0.25, -0.2) is 4.39 Å². The van der Waals surface area contributed by atoms with Crippen LogP contribution in [-0.4, -0.2) is 26.4 Å². The van der Waals surface area contributed by atoms with Crippen LogP contribution in [0.3, 0.4) is 0 Å². The highest BCUT2D eigenvalue weighted by molar-refractivity contribution is 7.99. The third-order valence-corrected chi connectivity index (χ3v) is 5.13. The lowest BCUT2D eigenvalue weighted by Crippen LogP contribution is -2.15. The number of amides is 1. The first kappa shape index (κ1) is 18.4. The number of hydrogen-bond donors (Lipinski definition) is 1. The second kappa shape index (κ2) is 8.31. The van der Waals surface area contributed by atoms with Crippen molar-refractivity contribution in [1.82, 2.24) is 14.8 Å². The quantitative estimate of drug-likeness (QED) is 0.768. The van der Waals surface area contributed by atoms with Crippen LogP contribution < -0.4 is 5.32 Å². The van der Waals surface area contributed by atoms with Crippen molar-refractivity contribution in [3.63, 3.8) is 0 Å². The fourth-order valence-electron chi connectivity index (χ4n) is 2.85. The Balaban J connectivity index is 1.66. The Bertz CT molecular complexity index is 844. The Kier molecular flexibility index (Phi) is 5.88.